The molecule has 1 aromatic heterocycles. The van der Waals surface area contributed by atoms with Gasteiger partial charge in [-0.3, -0.25) is 4.90 Å². The third-order valence-electron chi connectivity index (χ3n) is 3.21. The smallest absolute Gasteiger partial charge is 0.0959 e. The Bertz CT molecular complexity index is 393. The number of thiazole rings is 1. The Morgan fingerprint density at radius 1 is 1.42 bits per heavy atom. The molecule has 0 amide bonds. The van der Waals surface area contributed by atoms with E-state index in [1.165, 1.54) is 23.5 Å². The van der Waals surface area contributed by atoms with Crippen LogP contribution in [0.2, 0.25) is 0 Å². The van der Waals surface area contributed by atoms with Crippen molar-refractivity contribution in [3.05, 3.63) is 16.1 Å². The van der Waals surface area contributed by atoms with Gasteiger partial charge in [-0.25, -0.2) is 4.98 Å². The number of nitrogens with zero attached hydrogens (tertiary/aromatic N) is 2. The van der Waals surface area contributed by atoms with Crippen LogP contribution >= 0.6 is 11.3 Å². The average Bonchev–Trinajstić information content (AvgIpc) is 3.06. The third-order valence-corrected chi connectivity index (χ3v) is 4.27. The number of aliphatic hydroxyl groups excluding tert-OH is 1. The van der Waals surface area contributed by atoms with E-state index < -0.39 is 0 Å². The van der Waals surface area contributed by atoms with Gasteiger partial charge in [0.15, 0.2) is 0 Å². The van der Waals surface area contributed by atoms with Crippen LogP contribution in [-0.4, -0.2) is 34.7 Å². The third kappa shape index (κ3) is 5.21. The fourth-order valence-corrected chi connectivity index (χ4v) is 3.30. The highest BCUT2D eigenvalue weighted by Crippen LogP contribution is 2.41. The van der Waals surface area contributed by atoms with Crippen LogP contribution in [0, 0.1) is 5.41 Å². The van der Waals surface area contributed by atoms with Crippen molar-refractivity contribution in [1.82, 2.24) is 9.88 Å². The number of aliphatic hydroxyl groups is 1. The summed E-state index contributed by atoms with van der Waals surface area (Å²) in [5.41, 5.74) is 1.49. The molecule has 1 N–H and O–H groups in total. The van der Waals surface area contributed by atoms with Gasteiger partial charge in [0.05, 0.1) is 10.7 Å². The van der Waals surface area contributed by atoms with E-state index >= 15 is 0 Å². The van der Waals surface area contributed by atoms with Gasteiger partial charge >= 0.3 is 0 Å². The van der Waals surface area contributed by atoms with Crippen LogP contribution in [0.25, 0.3) is 0 Å². The minimum atomic E-state index is 0.269. The van der Waals surface area contributed by atoms with E-state index in [1.807, 2.05) is 11.3 Å². The monoisotopic (exact) mass is 282 g/mol. The van der Waals surface area contributed by atoms with Gasteiger partial charge in [-0.05, 0) is 24.7 Å². The molecule has 1 heterocycles. The second-order valence-corrected chi connectivity index (χ2v) is 7.69. The molecule has 0 atom stereocenters. The fraction of sp³-hybridized carbons (Fsp3) is 0.800. The molecule has 1 aromatic rings. The molecule has 1 saturated carbocycles. The molecule has 3 nitrogen and oxygen atoms in total. The first-order valence-electron chi connectivity index (χ1n) is 7.25. The van der Waals surface area contributed by atoms with Gasteiger partial charge < -0.3 is 5.11 Å². The Morgan fingerprint density at radius 3 is 2.74 bits per heavy atom. The van der Waals surface area contributed by atoms with Gasteiger partial charge in [0, 0.05) is 37.5 Å². The van der Waals surface area contributed by atoms with Crippen LogP contribution in [0.1, 0.15) is 56.7 Å². The number of hydrogen-bond acceptors (Lipinski definition) is 4. The predicted molar refractivity (Wildman–Crippen MR) is 80.5 cm³/mol. The fourth-order valence-electron chi connectivity index (χ4n) is 2.32. The molecule has 4 heteroatoms. The highest BCUT2D eigenvalue weighted by Gasteiger charge is 2.27. The molecule has 2 rings (SSSR count). The first-order chi connectivity index (χ1) is 8.98. The van der Waals surface area contributed by atoms with Gasteiger partial charge in [0.25, 0.3) is 0 Å². The predicted octanol–water partition coefficient (Wildman–Crippen LogP) is 3.25. The van der Waals surface area contributed by atoms with E-state index in [1.54, 1.807) is 0 Å². The number of aromatic nitrogens is 1. The molecule has 19 heavy (non-hydrogen) atoms. The van der Waals surface area contributed by atoms with Gasteiger partial charge in [0.1, 0.15) is 0 Å². The first kappa shape index (κ1) is 14.9. The molecule has 0 spiro atoms. The number of rotatable bonds is 7. The lowest BCUT2D eigenvalue weighted by atomic mass is 9.96. The lowest BCUT2D eigenvalue weighted by Crippen LogP contribution is -2.33. The van der Waals surface area contributed by atoms with E-state index in [0.29, 0.717) is 0 Å². The standard InChI is InChI=1S/C15H26N2OS/c1-15(2,3)11-17(7-4-8-18)9-13-10-19-14(16-13)12-5-6-12/h10,12,18H,4-9,11H2,1-3H3. The largest absolute Gasteiger partial charge is 0.396 e. The van der Waals surface area contributed by atoms with Crippen molar-refractivity contribution in [3.63, 3.8) is 0 Å². The molecule has 0 radical (unpaired) electrons. The number of hydrogen-bond donors (Lipinski definition) is 1. The van der Waals surface area contributed by atoms with Gasteiger partial charge in [-0.15, -0.1) is 11.3 Å². The van der Waals surface area contributed by atoms with Crippen LogP contribution in [0.4, 0.5) is 0 Å². The van der Waals surface area contributed by atoms with Gasteiger partial charge in [-0.2, -0.15) is 0 Å². The summed E-state index contributed by atoms with van der Waals surface area (Å²) in [4.78, 5) is 7.18. The summed E-state index contributed by atoms with van der Waals surface area (Å²) < 4.78 is 0. The zero-order chi connectivity index (χ0) is 13.9. The molecule has 0 bridgehead atoms. The Labute approximate surface area is 120 Å². The summed E-state index contributed by atoms with van der Waals surface area (Å²) >= 11 is 1.82. The maximum Gasteiger partial charge on any atom is 0.0959 e. The second-order valence-electron chi connectivity index (χ2n) is 6.80. The molecule has 1 aliphatic rings. The van der Waals surface area contributed by atoms with E-state index in [9.17, 15) is 0 Å². The Morgan fingerprint density at radius 2 is 2.16 bits per heavy atom. The summed E-state index contributed by atoms with van der Waals surface area (Å²) in [6.45, 7) is 9.96. The molecule has 1 aliphatic carbocycles. The summed E-state index contributed by atoms with van der Waals surface area (Å²) in [5, 5.41) is 12.6. The maximum atomic E-state index is 9.02. The van der Waals surface area contributed by atoms with Crippen LogP contribution < -0.4 is 0 Å². The minimum Gasteiger partial charge on any atom is -0.396 e. The Kier molecular flexibility index (Phi) is 4.98. The van der Waals surface area contributed by atoms with Gasteiger partial charge in [-0.1, -0.05) is 20.8 Å². The Hall–Kier alpha value is -0.450. The van der Waals surface area contributed by atoms with Crippen molar-refractivity contribution in [2.24, 2.45) is 5.41 Å². The van der Waals surface area contributed by atoms with E-state index in [4.69, 9.17) is 10.1 Å². The minimum absolute atomic E-state index is 0.269. The average molecular weight is 282 g/mol. The Balaban J connectivity index is 1.92. The topological polar surface area (TPSA) is 36.4 Å². The zero-order valence-electron chi connectivity index (χ0n) is 12.4. The summed E-state index contributed by atoms with van der Waals surface area (Å²) in [6.07, 6.45) is 3.49. The SMILES string of the molecule is CC(C)(C)CN(CCCO)Cc1csc(C2CC2)n1. The van der Waals surface area contributed by atoms with Crippen molar-refractivity contribution in [2.75, 3.05) is 19.7 Å². The molecule has 0 unspecified atom stereocenters. The quantitative estimate of drug-likeness (QED) is 0.834. The molecule has 0 aliphatic heterocycles. The lowest BCUT2D eigenvalue weighted by Gasteiger charge is -2.29. The van der Waals surface area contributed by atoms with Crippen molar-refractivity contribution in [2.45, 2.75) is 52.5 Å². The first-order valence-corrected chi connectivity index (χ1v) is 8.13. The van der Waals surface area contributed by atoms with Gasteiger partial charge in [0.2, 0.25) is 0 Å². The van der Waals surface area contributed by atoms with Crippen molar-refractivity contribution in [1.29, 1.82) is 0 Å². The highest BCUT2D eigenvalue weighted by molar-refractivity contribution is 7.09. The van der Waals surface area contributed by atoms with Crippen LogP contribution in [0.15, 0.2) is 5.38 Å². The van der Waals surface area contributed by atoms with E-state index in [0.717, 1.165) is 32.0 Å². The molecule has 1 fully saturated rings. The second kappa shape index (κ2) is 6.33. The van der Waals surface area contributed by atoms with Crippen LogP contribution in [0.3, 0.4) is 0 Å². The van der Waals surface area contributed by atoms with E-state index in [2.05, 4.69) is 31.1 Å². The summed E-state index contributed by atoms with van der Waals surface area (Å²) in [5.74, 6) is 0.757. The van der Waals surface area contributed by atoms with Crippen LogP contribution in [-0.2, 0) is 6.54 Å². The molecular formula is C15H26N2OS. The highest BCUT2D eigenvalue weighted by atomic mass is 32.1. The van der Waals surface area contributed by atoms with E-state index in [-0.39, 0.29) is 12.0 Å². The van der Waals surface area contributed by atoms with Crippen molar-refractivity contribution < 1.29 is 5.11 Å². The van der Waals surface area contributed by atoms with Crippen molar-refractivity contribution >= 4 is 11.3 Å². The molecular weight excluding hydrogens is 256 g/mol. The zero-order valence-corrected chi connectivity index (χ0v) is 13.2. The lowest BCUT2D eigenvalue weighted by molar-refractivity contribution is 0.164. The molecule has 0 aromatic carbocycles. The van der Waals surface area contributed by atoms with Crippen molar-refractivity contribution in [3.8, 4) is 0 Å². The maximum absolute atomic E-state index is 9.02. The normalized spacial score (nSPS) is 16.3. The summed E-state index contributed by atoms with van der Waals surface area (Å²) in [6, 6.07) is 0. The van der Waals surface area contributed by atoms with Crippen LogP contribution in [0.5, 0.6) is 0 Å². The summed E-state index contributed by atoms with van der Waals surface area (Å²) in [7, 11) is 0. The molecule has 108 valence electrons. The molecule has 0 saturated heterocycles.